The second-order valence-corrected chi connectivity index (χ2v) is 5.62. The molecule has 1 unspecified atom stereocenters. The number of nitrogens with one attached hydrogen (secondary N) is 3. The third kappa shape index (κ3) is 2.94. The first kappa shape index (κ1) is 14.1. The van der Waals surface area contributed by atoms with Gasteiger partial charge >= 0.3 is 0 Å². The zero-order valence-electron chi connectivity index (χ0n) is 11.7. The van der Waals surface area contributed by atoms with Crippen molar-refractivity contribution in [2.75, 3.05) is 0 Å². The highest BCUT2D eigenvalue weighted by Crippen LogP contribution is 2.22. The molecule has 1 aromatic carbocycles. The molecule has 2 atom stereocenters. The molecule has 3 rings (SSSR count). The zero-order chi connectivity index (χ0) is 14.8. The van der Waals surface area contributed by atoms with Crippen molar-refractivity contribution in [1.82, 2.24) is 20.6 Å². The molecule has 0 fully saturated rings. The van der Waals surface area contributed by atoms with Crippen molar-refractivity contribution >= 4 is 17.5 Å². The van der Waals surface area contributed by atoms with Gasteiger partial charge in [0.25, 0.3) is 0 Å². The largest absolute Gasteiger partial charge is 0.348 e. The van der Waals surface area contributed by atoms with Crippen LogP contribution in [0.25, 0.3) is 0 Å². The summed E-state index contributed by atoms with van der Waals surface area (Å²) in [6.07, 6.45) is 2.26. The average molecular weight is 305 g/mol. The highest BCUT2D eigenvalue weighted by Gasteiger charge is 2.26. The van der Waals surface area contributed by atoms with Crippen LogP contribution in [0.4, 0.5) is 0 Å². The third-order valence-electron chi connectivity index (χ3n) is 3.78. The lowest BCUT2D eigenvalue weighted by Gasteiger charge is -2.24. The monoisotopic (exact) mass is 304 g/mol. The normalized spacial score (nSPS) is 18.9. The Labute approximate surface area is 128 Å². The number of carbonyl (C=O) groups is 1. The summed E-state index contributed by atoms with van der Waals surface area (Å²) in [4.78, 5) is 19.7. The molecule has 6 heteroatoms. The predicted octanol–water partition coefficient (Wildman–Crippen LogP) is 1.95. The molecule has 21 heavy (non-hydrogen) atoms. The topological polar surface area (TPSA) is 69.8 Å². The summed E-state index contributed by atoms with van der Waals surface area (Å²) in [5.41, 5.74) is 2.93. The number of benzene rings is 1. The number of rotatable bonds is 3. The molecule has 0 saturated heterocycles. The van der Waals surface area contributed by atoms with Gasteiger partial charge in [-0.2, -0.15) is 0 Å². The fourth-order valence-electron chi connectivity index (χ4n) is 2.57. The highest BCUT2D eigenvalue weighted by molar-refractivity contribution is 6.31. The molecule has 0 saturated carbocycles. The van der Waals surface area contributed by atoms with Crippen LogP contribution in [0.1, 0.15) is 29.9 Å². The van der Waals surface area contributed by atoms with Gasteiger partial charge in [-0.1, -0.05) is 29.8 Å². The van der Waals surface area contributed by atoms with Crippen molar-refractivity contribution in [1.29, 1.82) is 0 Å². The summed E-state index contributed by atoms with van der Waals surface area (Å²) in [5.74, 6) is -0.0314. The van der Waals surface area contributed by atoms with Crippen LogP contribution < -0.4 is 10.6 Å². The van der Waals surface area contributed by atoms with Gasteiger partial charge in [0.2, 0.25) is 5.91 Å². The Morgan fingerprint density at radius 2 is 2.29 bits per heavy atom. The molecule has 1 aliphatic rings. The van der Waals surface area contributed by atoms with E-state index in [0.29, 0.717) is 18.0 Å². The minimum atomic E-state index is -0.259. The SMILES string of the molecule is C[C@@H](NC(=O)C1Cc2nc[nH]c2CN1)c1ccccc1Cl. The Morgan fingerprint density at radius 1 is 1.48 bits per heavy atom. The van der Waals surface area contributed by atoms with Gasteiger partial charge in [0.05, 0.1) is 29.8 Å². The minimum absolute atomic E-state index is 0.0314. The number of amides is 1. The van der Waals surface area contributed by atoms with E-state index in [1.807, 2.05) is 31.2 Å². The summed E-state index contributed by atoms with van der Waals surface area (Å²) < 4.78 is 0. The number of H-pyrrole nitrogens is 1. The second kappa shape index (κ2) is 5.87. The molecule has 2 aromatic rings. The van der Waals surface area contributed by atoms with Gasteiger partial charge in [-0.15, -0.1) is 0 Å². The maximum Gasteiger partial charge on any atom is 0.238 e. The molecular weight excluding hydrogens is 288 g/mol. The molecule has 2 heterocycles. The van der Waals surface area contributed by atoms with Crippen LogP contribution in [0, 0.1) is 0 Å². The molecule has 0 aliphatic carbocycles. The number of fused-ring (bicyclic) bond motifs is 1. The van der Waals surface area contributed by atoms with Crippen molar-refractivity contribution in [2.24, 2.45) is 0 Å². The maximum absolute atomic E-state index is 12.4. The van der Waals surface area contributed by atoms with E-state index in [1.54, 1.807) is 6.33 Å². The minimum Gasteiger partial charge on any atom is -0.348 e. The molecule has 1 amide bonds. The molecule has 3 N–H and O–H groups in total. The van der Waals surface area contributed by atoms with Gasteiger partial charge in [0, 0.05) is 18.0 Å². The van der Waals surface area contributed by atoms with Crippen LogP contribution in [0.5, 0.6) is 0 Å². The van der Waals surface area contributed by atoms with Crippen LogP contribution in [0.3, 0.4) is 0 Å². The number of imidazole rings is 1. The first-order valence-corrected chi connectivity index (χ1v) is 7.32. The van der Waals surface area contributed by atoms with Gasteiger partial charge in [-0.3, -0.25) is 10.1 Å². The molecule has 0 bridgehead atoms. The van der Waals surface area contributed by atoms with Crippen LogP contribution in [-0.2, 0) is 17.8 Å². The quantitative estimate of drug-likeness (QED) is 0.812. The number of carbonyl (C=O) groups excluding carboxylic acids is 1. The molecular formula is C15H17ClN4O. The Bertz CT molecular complexity index is 655. The molecule has 0 radical (unpaired) electrons. The van der Waals surface area contributed by atoms with Crippen molar-refractivity contribution in [3.63, 3.8) is 0 Å². The summed E-state index contributed by atoms with van der Waals surface area (Å²) in [7, 11) is 0. The van der Waals surface area contributed by atoms with E-state index < -0.39 is 0 Å². The maximum atomic E-state index is 12.4. The number of hydrogen-bond acceptors (Lipinski definition) is 3. The number of hydrogen-bond donors (Lipinski definition) is 3. The highest BCUT2D eigenvalue weighted by atomic mass is 35.5. The third-order valence-corrected chi connectivity index (χ3v) is 4.12. The zero-order valence-corrected chi connectivity index (χ0v) is 12.4. The van der Waals surface area contributed by atoms with Gasteiger partial charge in [0.1, 0.15) is 0 Å². The Balaban J connectivity index is 1.66. The average Bonchev–Trinajstić information content (AvgIpc) is 2.94. The van der Waals surface area contributed by atoms with E-state index in [2.05, 4.69) is 20.6 Å². The van der Waals surface area contributed by atoms with Gasteiger partial charge < -0.3 is 10.3 Å². The van der Waals surface area contributed by atoms with Crippen molar-refractivity contribution < 1.29 is 4.79 Å². The number of halogens is 1. The van der Waals surface area contributed by atoms with E-state index in [0.717, 1.165) is 17.0 Å². The Morgan fingerprint density at radius 3 is 3.10 bits per heavy atom. The molecule has 1 aromatic heterocycles. The summed E-state index contributed by atoms with van der Waals surface area (Å²) in [6, 6.07) is 7.15. The van der Waals surface area contributed by atoms with Gasteiger partial charge in [0.15, 0.2) is 0 Å². The van der Waals surface area contributed by atoms with E-state index in [-0.39, 0.29) is 18.0 Å². The summed E-state index contributed by atoms with van der Waals surface area (Å²) in [5, 5.41) is 6.89. The lowest BCUT2D eigenvalue weighted by atomic mass is 10.0. The molecule has 110 valence electrons. The number of nitrogens with zero attached hydrogens (tertiary/aromatic N) is 1. The summed E-state index contributed by atoms with van der Waals surface area (Å²) >= 11 is 6.16. The first-order chi connectivity index (χ1) is 10.1. The number of aromatic nitrogens is 2. The Kier molecular flexibility index (Phi) is 3.94. The number of aromatic amines is 1. The van der Waals surface area contributed by atoms with Gasteiger partial charge in [-0.25, -0.2) is 4.98 Å². The van der Waals surface area contributed by atoms with E-state index in [1.165, 1.54) is 0 Å². The smallest absolute Gasteiger partial charge is 0.238 e. The van der Waals surface area contributed by atoms with Crippen LogP contribution in [0.2, 0.25) is 5.02 Å². The fraction of sp³-hybridized carbons (Fsp3) is 0.333. The van der Waals surface area contributed by atoms with Crippen LogP contribution in [0.15, 0.2) is 30.6 Å². The van der Waals surface area contributed by atoms with Crippen LogP contribution in [-0.4, -0.2) is 21.9 Å². The lowest BCUT2D eigenvalue weighted by molar-refractivity contribution is -0.124. The van der Waals surface area contributed by atoms with E-state index in [4.69, 9.17) is 11.6 Å². The summed E-state index contributed by atoms with van der Waals surface area (Å²) in [6.45, 7) is 2.57. The predicted molar refractivity (Wildman–Crippen MR) is 80.9 cm³/mol. The molecule has 5 nitrogen and oxygen atoms in total. The first-order valence-electron chi connectivity index (χ1n) is 6.94. The van der Waals surface area contributed by atoms with Gasteiger partial charge in [-0.05, 0) is 18.6 Å². The fourth-order valence-corrected chi connectivity index (χ4v) is 2.87. The van der Waals surface area contributed by atoms with Crippen molar-refractivity contribution in [3.8, 4) is 0 Å². The Hall–Kier alpha value is -1.85. The van der Waals surface area contributed by atoms with E-state index in [9.17, 15) is 4.79 Å². The second-order valence-electron chi connectivity index (χ2n) is 5.22. The standard InChI is InChI=1S/C15H17ClN4O/c1-9(10-4-2-3-5-11(10)16)20-15(21)13-6-12-14(7-17-13)19-8-18-12/h2-5,8-9,13,17H,6-7H2,1H3,(H,18,19)(H,20,21)/t9-,13?/m1/s1. The molecule has 0 spiro atoms. The molecule has 1 aliphatic heterocycles. The van der Waals surface area contributed by atoms with Crippen LogP contribution >= 0.6 is 11.6 Å². The van der Waals surface area contributed by atoms with Crippen molar-refractivity contribution in [2.45, 2.75) is 32.0 Å². The van der Waals surface area contributed by atoms with E-state index >= 15 is 0 Å². The lowest BCUT2D eigenvalue weighted by Crippen LogP contribution is -2.48. The van der Waals surface area contributed by atoms with Crippen molar-refractivity contribution in [3.05, 3.63) is 52.6 Å².